The first kappa shape index (κ1) is 16.6. The second-order valence-corrected chi connectivity index (χ2v) is 6.40. The number of carbonyl (C=O) groups excluding carboxylic acids is 1. The van der Waals surface area contributed by atoms with Gasteiger partial charge in [0.2, 0.25) is 0 Å². The second kappa shape index (κ2) is 5.44. The molecule has 1 amide bonds. The van der Waals surface area contributed by atoms with Crippen molar-refractivity contribution in [3.05, 3.63) is 28.2 Å². The van der Waals surface area contributed by atoms with Crippen molar-refractivity contribution < 1.29 is 18.8 Å². The largest absolute Gasteiger partial charge is 0.496 e. The monoisotopic (exact) mass is 308 g/mol. The topological polar surface area (TPSA) is 92.8 Å². The summed E-state index contributed by atoms with van der Waals surface area (Å²) < 4.78 is 18.2. The fraction of sp³-hybridized carbons (Fsp3) is 0.571. The van der Waals surface area contributed by atoms with Crippen LogP contribution in [0, 0.1) is 0 Å². The minimum Gasteiger partial charge on any atom is -0.445 e. The van der Waals surface area contributed by atoms with E-state index in [1.54, 1.807) is 13.2 Å². The van der Waals surface area contributed by atoms with Crippen LogP contribution in [0.3, 0.4) is 0 Å². The Balaban J connectivity index is 2.40. The van der Waals surface area contributed by atoms with E-state index < -0.39 is 24.4 Å². The fourth-order valence-electron chi connectivity index (χ4n) is 2.15. The molecule has 8 heteroatoms. The van der Waals surface area contributed by atoms with Gasteiger partial charge in [-0.05, 0) is 33.3 Å². The van der Waals surface area contributed by atoms with Crippen LogP contribution >= 0.6 is 0 Å². The molecule has 0 saturated carbocycles. The lowest BCUT2D eigenvalue weighted by Gasteiger charge is -2.32. The van der Waals surface area contributed by atoms with Crippen molar-refractivity contribution in [1.82, 2.24) is 4.57 Å². The maximum atomic E-state index is 11.8. The maximum absolute atomic E-state index is 11.8. The van der Waals surface area contributed by atoms with Crippen LogP contribution in [-0.4, -0.2) is 29.0 Å². The Morgan fingerprint density at radius 2 is 1.86 bits per heavy atom. The highest BCUT2D eigenvalue weighted by Gasteiger charge is 2.52. The predicted octanol–water partition coefficient (Wildman–Crippen LogP) is 0.280. The molecular weight excluding hydrogens is 287 g/mol. The number of rotatable bonds is 3. The molecule has 2 heterocycles. The molecule has 1 aromatic rings. The van der Waals surface area contributed by atoms with Crippen LogP contribution in [0.2, 0.25) is 0 Å². The lowest BCUT2D eigenvalue weighted by molar-refractivity contribution is 0.00578. The molecule has 1 saturated heterocycles. The van der Waals surface area contributed by atoms with E-state index in [1.807, 2.05) is 27.7 Å². The zero-order valence-electron chi connectivity index (χ0n) is 13.5. The normalized spacial score (nSPS) is 19.2. The lowest BCUT2D eigenvalue weighted by atomic mass is 9.77. The number of pyridine rings is 1. The average molecular weight is 308 g/mol. The molecule has 1 aromatic heterocycles. The molecule has 7 nitrogen and oxygen atoms in total. The summed E-state index contributed by atoms with van der Waals surface area (Å²) in [6.45, 7) is 7.65. The van der Waals surface area contributed by atoms with E-state index in [2.05, 4.69) is 0 Å². The first-order valence-corrected chi connectivity index (χ1v) is 7.01. The fourth-order valence-corrected chi connectivity index (χ4v) is 2.15. The van der Waals surface area contributed by atoms with Gasteiger partial charge in [0.1, 0.15) is 6.61 Å². The zero-order chi connectivity index (χ0) is 16.7. The van der Waals surface area contributed by atoms with E-state index in [4.69, 9.17) is 19.8 Å². The van der Waals surface area contributed by atoms with Gasteiger partial charge in [-0.15, -0.1) is 0 Å². The Morgan fingerprint density at radius 3 is 2.36 bits per heavy atom. The molecular formula is C14H21BN2O5. The first-order valence-electron chi connectivity index (χ1n) is 7.01. The number of aryl methyl sites for hydroxylation is 1. The molecule has 2 N–H and O–H groups in total. The van der Waals surface area contributed by atoms with E-state index >= 15 is 0 Å². The van der Waals surface area contributed by atoms with Gasteiger partial charge < -0.3 is 24.3 Å². The molecule has 2 rings (SSSR count). The number of aromatic nitrogens is 1. The van der Waals surface area contributed by atoms with Crippen LogP contribution in [0.1, 0.15) is 33.3 Å². The number of nitrogens with two attached hydrogens (primary N) is 1. The number of ether oxygens (including phenoxy) is 1. The summed E-state index contributed by atoms with van der Waals surface area (Å²) in [6.07, 6.45) is 0.727. The van der Waals surface area contributed by atoms with Gasteiger partial charge in [0.15, 0.2) is 0 Å². The van der Waals surface area contributed by atoms with Crippen molar-refractivity contribution in [2.24, 2.45) is 12.8 Å². The van der Waals surface area contributed by atoms with Gasteiger partial charge in [-0.3, -0.25) is 4.79 Å². The SMILES string of the molecule is Cn1cc(B2OC(C)(C)C(C)(C)O2)c(COC(N)=O)cc1=O. The second-order valence-electron chi connectivity index (χ2n) is 6.40. The highest BCUT2D eigenvalue weighted by atomic mass is 16.7. The molecule has 0 bridgehead atoms. The molecule has 22 heavy (non-hydrogen) atoms. The van der Waals surface area contributed by atoms with Crippen molar-refractivity contribution in [2.75, 3.05) is 0 Å². The summed E-state index contributed by atoms with van der Waals surface area (Å²) in [5, 5.41) is 0. The van der Waals surface area contributed by atoms with Crippen molar-refractivity contribution in [2.45, 2.75) is 45.5 Å². The summed E-state index contributed by atoms with van der Waals surface area (Å²) in [7, 11) is 0.985. The molecule has 0 unspecified atom stereocenters. The standard InChI is InChI=1S/C14H21BN2O5/c1-13(2)14(3,4)22-15(21-13)10-7-17(5)11(18)6-9(10)8-20-12(16)19/h6-7H,8H2,1-5H3,(H2,16,19). The van der Waals surface area contributed by atoms with Crippen LogP contribution in [-0.2, 0) is 27.7 Å². The summed E-state index contributed by atoms with van der Waals surface area (Å²) in [6, 6.07) is 1.39. The van der Waals surface area contributed by atoms with Gasteiger partial charge >= 0.3 is 13.2 Å². The van der Waals surface area contributed by atoms with Gasteiger partial charge in [-0.1, -0.05) is 0 Å². The van der Waals surface area contributed by atoms with E-state index in [0.717, 1.165) is 0 Å². The number of amides is 1. The summed E-state index contributed by atoms with van der Waals surface area (Å²) >= 11 is 0. The zero-order valence-corrected chi connectivity index (χ0v) is 13.5. The first-order chi connectivity index (χ1) is 10.0. The third-order valence-electron chi connectivity index (χ3n) is 4.23. The molecule has 0 atom stereocenters. The highest BCUT2D eigenvalue weighted by Crippen LogP contribution is 2.36. The van der Waals surface area contributed by atoms with Crippen LogP contribution < -0.4 is 16.8 Å². The minimum atomic E-state index is -0.902. The average Bonchev–Trinajstić information content (AvgIpc) is 2.59. The molecule has 0 spiro atoms. The van der Waals surface area contributed by atoms with Crippen LogP contribution in [0.5, 0.6) is 0 Å². The quantitative estimate of drug-likeness (QED) is 0.810. The third kappa shape index (κ3) is 3.03. The van der Waals surface area contributed by atoms with Crippen molar-refractivity contribution in [1.29, 1.82) is 0 Å². The summed E-state index contributed by atoms with van der Waals surface area (Å²) in [5.74, 6) is 0. The number of hydrogen-bond acceptors (Lipinski definition) is 5. The Morgan fingerprint density at radius 1 is 1.32 bits per heavy atom. The highest BCUT2D eigenvalue weighted by molar-refractivity contribution is 6.62. The van der Waals surface area contributed by atoms with Crippen molar-refractivity contribution in [3.8, 4) is 0 Å². The lowest BCUT2D eigenvalue weighted by Crippen LogP contribution is -2.41. The van der Waals surface area contributed by atoms with Crippen LogP contribution in [0.25, 0.3) is 0 Å². The summed E-state index contributed by atoms with van der Waals surface area (Å²) in [5.41, 5.74) is 4.92. The Bertz CT molecular complexity index is 637. The van der Waals surface area contributed by atoms with Gasteiger partial charge in [-0.25, -0.2) is 4.79 Å². The van der Waals surface area contributed by atoms with Gasteiger partial charge in [0.25, 0.3) is 5.56 Å². The van der Waals surface area contributed by atoms with Gasteiger partial charge in [0, 0.05) is 24.8 Å². The van der Waals surface area contributed by atoms with E-state index in [9.17, 15) is 9.59 Å². The molecule has 0 aromatic carbocycles. The molecule has 1 aliphatic heterocycles. The number of primary amides is 1. The van der Waals surface area contributed by atoms with E-state index in [0.29, 0.717) is 11.0 Å². The molecule has 1 fully saturated rings. The maximum Gasteiger partial charge on any atom is 0.496 e. The Kier molecular flexibility index (Phi) is 4.10. The molecule has 0 radical (unpaired) electrons. The number of hydrogen-bond donors (Lipinski definition) is 1. The van der Waals surface area contributed by atoms with Crippen molar-refractivity contribution >= 4 is 18.7 Å². The Hall–Kier alpha value is -1.80. The smallest absolute Gasteiger partial charge is 0.445 e. The van der Waals surface area contributed by atoms with Gasteiger partial charge in [-0.2, -0.15) is 0 Å². The van der Waals surface area contributed by atoms with Gasteiger partial charge in [0.05, 0.1) is 11.2 Å². The molecule has 120 valence electrons. The molecule has 1 aliphatic rings. The van der Waals surface area contributed by atoms with Crippen LogP contribution in [0.4, 0.5) is 4.79 Å². The predicted molar refractivity (Wildman–Crippen MR) is 81.8 cm³/mol. The van der Waals surface area contributed by atoms with E-state index in [1.165, 1.54) is 10.6 Å². The Labute approximate surface area is 129 Å². The number of nitrogens with zero attached hydrogens (tertiary/aromatic N) is 1. The number of carbonyl (C=O) groups is 1. The molecule has 0 aliphatic carbocycles. The van der Waals surface area contributed by atoms with E-state index in [-0.39, 0.29) is 12.2 Å². The minimum absolute atomic E-state index is 0.106. The third-order valence-corrected chi connectivity index (χ3v) is 4.23. The van der Waals surface area contributed by atoms with Crippen LogP contribution in [0.15, 0.2) is 17.1 Å². The summed E-state index contributed by atoms with van der Waals surface area (Å²) in [4.78, 5) is 22.6. The van der Waals surface area contributed by atoms with Crippen molar-refractivity contribution in [3.63, 3.8) is 0 Å².